The molecule has 0 fully saturated rings. The highest BCUT2D eigenvalue weighted by Crippen LogP contribution is 2.21. The Kier molecular flexibility index (Phi) is 6.33. The van der Waals surface area contributed by atoms with Gasteiger partial charge in [0.2, 0.25) is 0 Å². The molecule has 0 saturated carbocycles. The van der Waals surface area contributed by atoms with Crippen LogP contribution < -0.4 is 5.32 Å². The molecule has 0 aliphatic heterocycles. The van der Waals surface area contributed by atoms with E-state index in [1.165, 1.54) is 5.56 Å². The second kappa shape index (κ2) is 7.27. The van der Waals surface area contributed by atoms with Gasteiger partial charge in [-0.25, -0.2) is 0 Å². The van der Waals surface area contributed by atoms with Crippen LogP contribution in [0.3, 0.4) is 0 Å². The molecule has 102 valence electrons. The fraction of sp³-hybridized carbons (Fsp3) is 0.600. The smallest absolute Gasteiger partial charge is 0.0766 e. The summed E-state index contributed by atoms with van der Waals surface area (Å²) >= 11 is 3.45. The third-order valence-electron chi connectivity index (χ3n) is 3.67. The fourth-order valence-corrected chi connectivity index (χ4v) is 2.27. The standard InChI is InChI=1S/C15H24BrNO/c1-4-14(12-7-9-13(16)10-8-12)17-11-15(18,5-2)6-3/h7-10,14,17-18H,4-6,11H2,1-3H3. The molecule has 1 rings (SSSR count). The van der Waals surface area contributed by atoms with Crippen molar-refractivity contribution in [3.8, 4) is 0 Å². The molecule has 1 aromatic rings. The van der Waals surface area contributed by atoms with Gasteiger partial charge in [0, 0.05) is 17.1 Å². The molecule has 0 spiro atoms. The predicted octanol–water partition coefficient (Wildman–Crippen LogP) is 4.04. The Labute approximate surface area is 119 Å². The fourth-order valence-electron chi connectivity index (χ4n) is 2.01. The lowest BCUT2D eigenvalue weighted by atomic mass is 9.96. The van der Waals surface area contributed by atoms with E-state index in [2.05, 4.69) is 52.4 Å². The van der Waals surface area contributed by atoms with Crippen molar-refractivity contribution < 1.29 is 5.11 Å². The van der Waals surface area contributed by atoms with Gasteiger partial charge in [0.05, 0.1) is 5.60 Å². The van der Waals surface area contributed by atoms with Crippen LogP contribution in [0.15, 0.2) is 28.7 Å². The highest BCUT2D eigenvalue weighted by atomic mass is 79.9. The van der Waals surface area contributed by atoms with Gasteiger partial charge in [-0.1, -0.05) is 48.8 Å². The number of benzene rings is 1. The van der Waals surface area contributed by atoms with Crippen LogP contribution in [0, 0.1) is 0 Å². The minimum Gasteiger partial charge on any atom is -0.389 e. The zero-order valence-corrected chi connectivity index (χ0v) is 13.1. The van der Waals surface area contributed by atoms with E-state index in [1.54, 1.807) is 0 Å². The quantitative estimate of drug-likeness (QED) is 0.796. The average molecular weight is 314 g/mol. The van der Waals surface area contributed by atoms with Crippen molar-refractivity contribution in [2.75, 3.05) is 6.54 Å². The van der Waals surface area contributed by atoms with Crippen LogP contribution in [0.2, 0.25) is 0 Å². The lowest BCUT2D eigenvalue weighted by molar-refractivity contribution is 0.0297. The SMILES string of the molecule is CCC(NCC(O)(CC)CC)c1ccc(Br)cc1. The molecule has 18 heavy (non-hydrogen) atoms. The van der Waals surface area contributed by atoms with Gasteiger partial charge in [0.25, 0.3) is 0 Å². The van der Waals surface area contributed by atoms with E-state index in [9.17, 15) is 5.11 Å². The minimum atomic E-state index is -0.581. The summed E-state index contributed by atoms with van der Waals surface area (Å²) in [5.41, 5.74) is 0.693. The maximum Gasteiger partial charge on any atom is 0.0766 e. The number of rotatable bonds is 7. The summed E-state index contributed by atoms with van der Waals surface area (Å²) in [7, 11) is 0. The highest BCUT2D eigenvalue weighted by Gasteiger charge is 2.23. The van der Waals surface area contributed by atoms with Gasteiger partial charge in [-0.05, 0) is 37.0 Å². The van der Waals surface area contributed by atoms with Gasteiger partial charge in [-0.2, -0.15) is 0 Å². The Morgan fingerprint density at radius 1 is 1.17 bits per heavy atom. The third kappa shape index (κ3) is 4.38. The topological polar surface area (TPSA) is 32.3 Å². The van der Waals surface area contributed by atoms with Crippen LogP contribution in [-0.4, -0.2) is 17.3 Å². The summed E-state index contributed by atoms with van der Waals surface area (Å²) in [4.78, 5) is 0. The molecule has 1 unspecified atom stereocenters. The lowest BCUT2D eigenvalue weighted by Crippen LogP contribution is -2.40. The van der Waals surface area contributed by atoms with Crippen LogP contribution >= 0.6 is 15.9 Å². The second-order valence-electron chi connectivity index (χ2n) is 4.82. The van der Waals surface area contributed by atoms with E-state index < -0.39 is 5.60 Å². The molecule has 0 aliphatic carbocycles. The number of hydrogen-bond donors (Lipinski definition) is 2. The van der Waals surface area contributed by atoms with E-state index in [0.717, 1.165) is 23.7 Å². The first kappa shape index (κ1) is 15.7. The van der Waals surface area contributed by atoms with Gasteiger partial charge in [-0.3, -0.25) is 0 Å². The van der Waals surface area contributed by atoms with Crippen LogP contribution in [0.25, 0.3) is 0 Å². The van der Waals surface area contributed by atoms with E-state index in [-0.39, 0.29) is 0 Å². The zero-order chi connectivity index (χ0) is 13.6. The van der Waals surface area contributed by atoms with Crippen molar-refractivity contribution >= 4 is 15.9 Å². The van der Waals surface area contributed by atoms with Crippen LogP contribution in [-0.2, 0) is 0 Å². The van der Waals surface area contributed by atoms with Crippen molar-refractivity contribution in [2.45, 2.75) is 51.7 Å². The van der Waals surface area contributed by atoms with E-state index >= 15 is 0 Å². The van der Waals surface area contributed by atoms with Crippen molar-refractivity contribution in [1.29, 1.82) is 0 Å². The maximum absolute atomic E-state index is 10.3. The Hall–Kier alpha value is -0.380. The Morgan fingerprint density at radius 3 is 2.17 bits per heavy atom. The van der Waals surface area contributed by atoms with E-state index in [0.29, 0.717) is 12.6 Å². The summed E-state index contributed by atoms with van der Waals surface area (Å²) in [5, 5.41) is 13.8. The minimum absolute atomic E-state index is 0.308. The van der Waals surface area contributed by atoms with Crippen molar-refractivity contribution in [3.05, 3.63) is 34.3 Å². The number of nitrogens with one attached hydrogen (secondary N) is 1. The molecule has 0 heterocycles. The average Bonchev–Trinajstić information content (AvgIpc) is 2.41. The van der Waals surface area contributed by atoms with Crippen LogP contribution in [0.5, 0.6) is 0 Å². The third-order valence-corrected chi connectivity index (χ3v) is 4.20. The number of aliphatic hydroxyl groups is 1. The first-order chi connectivity index (χ1) is 8.54. The van der Waals surface area contributed by atoms with Gasteiger partial charge >= 0.3 is 0 Å². The van der Waals surface area contributed by atoms with Gasteiger partial charge in [0.1, 0.15) is 0 Å². The summed E-state index contributed by atoms with van der Waals surface area (Å²) in [5.74, 6) is 0. The molecule has 0 radical (unpaired) electrons. The molecule has 0 amide bonds. The van der Waals surface area contributed by atoms with E-state index in [1.807, 2.05) is 13.8 Å². The molecule has 0 aromatic heterocycles. The zero-order valence-electron chi connectivity index (χ0n) is 11.5. The normalized spacial score (nSPS) is 13.6. The lowest BCUT2D eigenvalue weighted by Gasteiger charge is -2.28. The van der Waals surface area contributed by atoms with Crippen molar-refractivity contribution in [2.24, 2.45) is 0 Å². The number of hydrogen-bond acceptors (Lipinski definition) is 2. The van der Waals surface area contributed by atoms with E-state index in [4.69, 9.17) is 0 Å². The summed E-state index contributed by atoms with van der Waals surface area (Å²) in [6.45, 7) is 6.88. The first-order valence-electron chi connectivity index (χ1n) is 6.76. The monoisotopic (exact) mass is 313 g/mol. The molecule has 3 heteroatoms. The number of halogens is 1. The first-order valence-corrected chi connectivity index (χ1v) is 7.55. The molecular formula is C15H24BrNO. The molecule has 1 atom stereocenters. The Morgan fingerprint density at radius 2 is 1.72 bits per heavy atom. The Bertz CT molecular complexity index is 346. The Balaban J connectivity index is 2.65. The van der Waals surface area contributed by atoms with Gasteiger partial charge in [-0.15, -0.1) is 0 Å². The molecule has 0 saturated heterocycles. The summed E-state index contributed by atoms with van der Waals surface area (Å²) in [6, 6.07) is 8.68. The molecule has 0 aliphatic rings. The van der Waals surface area contributed by atoms with Gasteiger partial charge < -0.3 is 10.4 Å². The van der Waals surface area contributed by atoms with Crippen molar-refractivity contribution in [3.63, 3.8) is 0 Å². The summed E-state index contributed by atoms with van der Waals surface area (Å²) < 4.78 is 1.10. The van der Waals surface area contributed by atoms with Crippen molar-refractivity contribution in [1.82, 2.24) is 5.32 Å². The maximum atomic E-state index is 10.3. The van der Waals surface area contributed by atoms with Crippen LogP contribution in [0.4, 0.5) is 0 Å². The molecule has 2 nitrogen and oxygen atoms in total. The largest absolute Gasteiger partial charge is 0.389 e. The predicted molar refractivity (Wildman–Crippen MR) is 80.7 cm³/mol. The molecule has 2 N–H and O–H groups in total. The summed E-state index contributed by atoms with van der Waals surface area (Å²) in [6.07, 6.45) is 2.59. The molecule has 1 aromatic carbocycles. The molecule has 0 bridgehead atoms. The van der Waals surface area contributed by atoms with Gasteiger partial charge in [0.15, 0.2) is 0 Å². The molecular weight excluding hydrogens is 290 g/mol. The second-order valence-corrected chi connectivity index (χ2v) is 5.74. The van der Waals surface area contributed by atoms with Crippen LogP contribution in [0.1, 0.15) is 51.6 Å². The highest BCUT2D eigenvalue weighted by molar-refractivity contribution is 9.10.